The number of alkyl halides is 3. The van der Waals surface area contributed by atoms with Crippen LogP contribution in [0.15, 0.2) is 29.1 Å². The summed E-state index contributed by atoms with van der Waals surface area (Å²) in [5, 5.41) is 9.15. The first kappa shape index (κ1) is 17.1. The van der Waals surface area contributed by atoms with Gasteiger partial charge in [-0.05, 0) is 25.8 Å². The van der Waals surface area contributed by atoms with Crippen LogP contribution in [0, 0.1) is 18.3 Å². The number of nitrogens with one attached hydrogen (secondary N) is 1. The van der Waals surface area contributed by atoms with Crippen molar-refractivity contribution in [2.45, 2.75) is 25.9 Å². The van der Waals surface area contributed by atoms with E-state index >= 15 is 0 Å². The van der Waals surface area contributed by atoms with Crippen LogP contribution in [0.1, 0.15) is 29.5 Å². The zero-order valence-corrected chi connectivity index (χ0v) is 13.6. The summed E-state index contributed by atoms with van der Waals surface area (Å²) in [6.07, 6.45) is -3.26. The molecule has 7 heteroatoms. The maximum atomic E-state index is 13.8. The minimum atomic E-state index is -4.80. The molecule has 1 saturated heterocycles. The van der Waals surface area contributed by atoms with E-state index in [1.54, 1.807) is 23.1 Å². The van der Waals surface area contributed by atoms with E-state index in [-0.39, 0.29) is 11.4 Å². The second kappa shape index (κ2) is 6.28. The molecule has 3 rings (SSSR count). The monoisotopic (exact) mass is 347 g/mol. The van der Waals surface area contributed by atoms with Gasteiger partial charge in [0.05, 0.1) is 11.4 Å². The van der Waals surface area contributed by atoms with Gasteiger partial charge in [-0.25, -0.2) is 0 Å². The van der Waals surface area contributed by atoms with Crippen molar-refractivity contribution in [2.75, 3.05) is 18.0 Å². The fourth-order valence-corrected chi connectivity index (χ4v) is 3.24. The van der Waals surface area contributed by atoms with Crippen molar-refractivity contribution in [3.8, 4) is 17.3 Å². The predicted octanol–water partition coefficient (Wildman–Crippen LogP) is 3.84. The standard InChI is InChI=1S/C18H16F3N3O/c1-11-5-4-6-12(9-11)15-16(24-7-2-3-8-24)14(18(19,20)21)13(10-22)17(25)23-15/h4-6,9H,2-3,7-8H2,1H3,(H,23,25). The van der Waals surface area contributed by atoms with E-state index in [1.165, 1.54) is 6.07 Å². The van der Waals surface area contributed by atoms with Crippen LogP contribution in [-0.4, -0.2) is 18.1 Å². The predicted molar refractivity (Wildman–Crippen MR) is 88.4 cm³/mol. The van der Waals surface area contributed by atoms with E-state index in [4.69, 9.17) is 5.26 Å². The minimum absolute atomic E-state index is 0.105. The number of aromatic amines is 1. The molecule has 2 aromatic rings. The number of nitrogens with zero attached hydrogens (tertiary/aromatic N) is 2. The summed E-state index contributed by atoms with van der Waals surface area (Å²) in [7, 11) is 0. The van der Waals surface area contributed by atoms with Gasteiger partial charge >= 0.3 is 6.18 Å². The van der Waals surface area contributed by atoms with Gasteiger partial charge in [0.25, 0.3) is 5.56 Å². The van der Waals surface area contributed by atoms with Gasteiger partial charge < -0.3 is 9.88 Å². The molecule has 0 aliphatic carbocycles. The number of nitriles is 1. The number of hydrogen-bond donors (Lipinski definition) is 1. The van der Waals surface area contributed by atoms with Crippen molar-refractivity contribution >= 4 is 5.69 Å². The highest BCUT2D eigenvalue weighted by molar-refractivity contribution is 5.80. The van der Waals surface area contributed by atoms with Crippen molar-refractivity contribution < 1.29 is 13.2 Å². The Kier molecular flexibility index (Phi) is 4.29. The maximum Gasteiger partial charge on any atom is 0.419 e. The lowest BCUT2D eigenvalue weighted by Gasteiger charge is -2.26. The summed E-state index contributed by atoms with van der Waals surface area (Å²) < 4.78 is 41.3. The topological polar surface area (TPSA) is 59.9 Å². The molecule has 0 amide bonds. The van der Waals surface area contributed by atoms with E-state index in [1.807, 2.05) is 13.0 Å². The molecule has 1 aliphatic heterocycles. The van der Waals surface area contributed by atoms with Crippen LogP contribution in [0.2, 0.25) is 0 Å². The molecule has 1 aromatic heterocycles. The number of H-pyrrole nitrogens is 1. The second-order valence-electron chi connectivity index (χ2n) is 6.10. The number of rotatable bonds is 2. The highest BCUT2D eigenvalue weighted by Crippen LogP contribution is 2.43. The lowest BCUT2D eigenvalue weighted by Crippen LogP contribution is -2.28. The number of halogens is 3. The summed E-state index contributed by atoms with van der Waals surface area (Å²) in [5.74, 6) is 0. The third-order valence-corrected chi connectivity index (χ3v) is 4.31. The van der Waals surface area contributed by atoms with E-state index in [0.717, 1.165) is 18.4 Å². The van der Waals surface area contributed by atoms with Crippen LogP contribution >= 0.6 is 0 Å². The molecule has 25 heavy (non-hydrogen) atoms. The molecular weight excluding hydrogens is 331 g/mol. The highest BCUT2D eigenvalue weighted by Gasteiger charge is 2.41. The van der Waals surface area contributed by atoms with Gasteiger partial charge in [-0.15, -0.1) is 0 Å². The van der Waals surface area contributed by atoms with E-state index in [0.29, 0.717) is 18.7 Å². The molecule has 0 saturated carbocycles. The first-order chi connectivity index (χ1) is 11.8. The van der Waals surface area contributed by atoms with Crippen LogP contribution in [0.5, 0.6) is 0 Å². The van der Waals surface area contributed by atoms with Crippen molar-refractivity contribution in [3.63, 3.8) is 0 Å². The van der Waals surface area contributed by atoms with Crippen molar-refractivity contribution in [1.29, 1.82) is 5.26 Å². The van der Waals surface area contributed by atoms with E-state index in [2.05, 4.69) is 4.98 Å². The van der Waals surface area contributed by atoms with Crippen molar-refractivity contribution in [1.82, 2.24) is 4.98 Å². The Bertz CT molecular complexity index is 903. The quantitative estimate of drug-likeness (QED) is 0.898. The zero-order valence-electron chi connectivity index (χ0n) is 13.6. The Hall–Kier alpha value is -2.75. The molecule has 0 atom stereocenters. The number of anilines is 1. The SMILES string of the molecule is Cc1cccc(-c2[nH]c(=O)c(C#N)c(C(F)(F)F)c2N2CCCC2)c1. The van der Waals surface area contributed by atoms with Gasteiger partial charge in [0.15, 0.2) is 0 Å². The molecule has 4 nitrogen and oxygen atoms in total. The van der Waals surface area contributed by atoms with Crippen LogP contribution in [0.3, 0.4) is 0 Å². The highest BCUT2D eigenvalue weighted by atomic mass is 19.4. The summed E-state index contributed by atoms with van der Waals surface area (Å²) in [4.78, 5) is 16.3. The lowest BCUT2D eigenvalue weighted by molar-refractivity contribution is -0.137. The molecule has 0 unspecified atom stereocenters. The Morgan fingerprint density at radius 1 is 1.24 bits per heavy atom. The van der Waals surface area contributed by atoms with Crippen LogP contribution < -0.4 is 10.5 Å². The first-order valence-corrected chi connectivity index (χ1v) is 7.92. The number of benzene rings is 1. The Labute approximate surface area is 142 Å². The molecule has 1 aromatic carbocycles. The number of hydrogen-bond acceptors (Lipinski definition) is 3. The smallest absolute Gasteiger partial charge is 0.369 e. The Balaban J connectivity index is 2.40. The van der Waals surface area contributed by atoms with E-state index in [9.17, 15) is 18.0 Å². The Morgan fingerprint density at radius 3 is 2.48 bits per heavy atom. The fraction of sp³-hybridized carbons (Fsp3) is 0.333. The van der Waals surface area contributed by atoms with Gasteiger partial charge in [-0.3, -0.25) is 4.79 Å². The summed E-state index contributed by atoms with van der Waals surface area (Å²) in [6, 6.07) is 8.36. The molecule has 0 bridgehead atoms. The Morgan fingerprint density at radius 2 is 1.92 bits per heavy atom. The molecule has 1 N–H and O–H groups in total. The number of aryl methyl sites for hydroxylation is 1. The normalized spacial score (nSPS) is 14.6. The zero-order chi connectivity index (χ0) is 18.2. The lowest BCUT2D eigenvalue weighted by atomic mass is 10.00. The molecule has 130 valence electrons. The molecule has 1 fully saturated rings. The number of pyridine rings is 1. The number of aromatic nitrogens is 1. The van der Waals surface area contributed by atoms with Gasteiger partial charge in [-0.2, -0.15) is 18.4 Å². The second-order valence-corrected chi connectivity index (χ2v) is 6.10. The molecule has 0 spiro atoms. The molecular formula is C18H16F3N3O. The summed E-state index contributed by atoms with van der Waals surface area (Å²) in [5.41, 5.74) is -1.68. The summed E-state index contributed by atoms with van der Waals surface area (Å²) in [6.45, 7) is 2.74. The molecule has 1 aliphatic rings. The third kappa shape index (κ3) is 3.12. The van der Waals surface area contributed by atoms with Gasteiger partial charge in [0.1, 0.15) is 17.2 Å². The third-order valence-electron chi connectivity index (χ3n) is 4.31. The van der Waals surface area contributed by atoms with Crippen LogP contribution in [-0.2, 0) is 6.18 Å². The minimum Gasteiger partial charge on any atom is -0.369 e. The average Bonchev–Trinajstić information content (AvgIpc) is 3.07. The maximum absolute atomic E-state index is 13.8. The molecule has 2 heterocycles. The molecule has 0 radical (unpaired) electrons. The van der Waals surface area contributed by atoms with Crippen molar-refractivity contribution in [3.05, 3.63) is 51.3 Å². The largest absolute Gasteiger partial charge is 0.419 e. The summed E-state index contributed by atoms with van der Waals surface area (Å²) >= 11 is 0. The average molecular weight is 347 g/mol. The van der Waals surface area contributed by atoms with E-state index < -0.39 is 22.9 Å². The van der Waals surface area contributed by atoms with Crippen LogP contribution in [0.4, 0.5) is 18.9 Å². The van der Waals surface area contributed by atoms with Crippen LogP contribution in [0.25, 0.3) is 11.3 Å². The fourth-order valence-electron chi connectivity index (χ4n) is 3.24. The van der Waals surface area contributed by atoms with Gasteiger partial charge in [0, 0.05) is 18.7 Å². The first-order valence-electron chi connectivity index (χ1n) is 7.92. The van der Waals surface area contributed by atoms with Gasteiger partial charge in [0.2, 0.25) is 0 Å². The van der Waals surface area contributed by atoms with Gasteiger partial charge in [-0.1, -0.05) is 23.8 Å². The van der Waals surface area contributed by atoms with Crippen molar-refractivity contribution in [2.24, 2.45) is 0 Å².